The fourth-order valence-corrected chi connectivity index (χ4v) is 4.32. The number of rotatable bonds is 3. The maximum Gasteiger partial charge on any atom is 0.223 e. The number of hydrogen-bond donors (Lipinski definition) is 1. The number of aliphatic hydroxyl groups is 1. The van der Waals surface area contributed by atoms with Gasteiger partial charge < -0.3 is 14.4 Å². The van der Waals surface area contributed by atoms with Gasteiger partial charge in [0, 0.05) is 13.0 Å². The Bertz CT molecular complexity index is 377. The molecule has 2 heterocycles. The molecule has 2 aliphatic rings. The Morgan fingerprint density at radius 2 is 2.11 bits per heavy atom. The van der Waals surface area contributed by atoms with E-state index in [1.54, 1.807) is 0 Å². The lowest BCUT2D eigenvalue weighted by Crippen LogP contribution is -2.44. The zero-order valence-electron chi connectivity index (χ0n) is 12.8. The first-order chi connectivity index (χ1) is 8.61. The lowest BCUT2D eigenvalue weighted by Gasteiger charge is -2.38. The van der Waals surface area contributed by atoms with Crippen molar-refractivity contribution in [3.05, 3.63) is 0 Å². The first kappa shape index (κ1) is 15.0. The maximum absolute atomic E-state index is 11.9. The Hall–Kier alpha value is -0.393. The highest BCUT2D eigenvalue weighted by Gasteiger charge is 2.53. The normalized spacial score (nSPS) is 32.0. The van der Waals surface area contributed by atoms with E-state index in [0.29, 0.717) is 13.0 Å². The van der Waals surface area contributed by atoms with Crippen molar-refractivity contribution in [1.29, 1.82) is 0 Å². The van der Waals surface area contributed by atoms with Crippen LogP contribution in [0.15, 0.2) is 0 Å². The lowest BCUT2D eigenvalue weighted by molar-refractivity contribution is -0.130. The maximum atomic E-state index is 11.9. The van der Waals surface area contributed by atoms with E-state index in [0.717, 1.165) is 12.8 Å². The third-order valence-electron chi connectivity index (χ3n) is 5.23. The summed E-state index contributed by atoms with van der Waals surface area (Å²) < 4.78 is 6.41. The smallest absolute Gasteiger partial charge is 0.223 e. The van der Waals surface area contributed by atoms with Crippen LogP contribution in [0.3, 0.4) is 0 Å². The van der Waals surface area contributed by atoms with Gasteiger partial charge in [-0.15, -0.1) is 0 Å². The third-order valence-corrected chi connectivity index (χ3v) is 9.77. The van der Waals surface area contributed by atoms with Crippen LogP contribution in [0.5, 0.6) is 0 Å². The number of carbonyl (C=O) groups excluding carboxylic acids is 1. The molecule has 0 radical (unpaired) electrons. The average Bonchev–Trinajstić information content (AvgIpc) is 2.75. The summed E-state index contributed by atoms with van der Waals surface area (Å²) in [6.07, 6.45) is 2.24. The van der Waals surface area contributed by atoms with Crippen LogP contribution in [0.2, 0.25) is 18.1 Å². The average molecular weight is 285 g/mol. The number of aliphatic hydroxyl groups excluding tert-OH is 1. The molecule has 0 aromatic heterocycles. The van der Waals surface area contributed by atoms with E-state index in [1.165, 1.54) is 0 Å². The van der Waals surface area contributed by atoms with Gasteiger partial charge in [-0.3, -0.25) is 4.79 Å². The number of carbonyl (C=O) groups is 1. The molecule has 5 heteroatoms. The fourth-order valence-electron chi connectivity index (χ4n) is 2.98. The van der Waals surface area contributed by atoms with E-state index >= 15 is 0 Å². The van der Waals surface area contributed by atoms with Gasteiger partial charge in [0.1, 0.15) is 0 Å². The standard InChI is InChI=1S/C14H27NO3Si/c1-13(2,3)19(4,5)18-11-8-14(10-16)7-6-12(17)15(14)9-11/h11,16H,6-10H2,1-5H3/t11-,14+/m1/s1. The van der Waals surface area contributed by atoms with Crippen LogP contribution in [0.25, 0.3) is 0 Å². The summed E-state index contributed by atoms with van der Waals surface area (Å²) in [6, 6.07) is 0. The summed E-state index contributed by atoms with van der Waals surface area (Å²) in [4.78, 5) is 13.8. The molecule has 0 aliphatic carbocycles. The summed E-state index contributed by atoms with van der Waals surface area (Å²) in [7, 11) is -1.81. The summed E-state index contributed by atoms with van der Waals surface area (Å²) in [5, 5.41) is 9.86. The molecule has 1 amide bonds. The molecule has 0 aromatic rings. The molecular weight excluding hydrogens is 258 g/mol. The second kappa shape index (κ2) is 4.57. The summed E-state index contributed by atoms with van der Waals surface area (Å²) >= 11 is 0. The molecule has 2 saturated heterocycles. The summed E-state index contributed by atoms with van der Waals surface area (Å²) in [5.41, 5.74) is -0.329. The molecule has 0 saturated carbocycles. The zero-order valence-corrected chi connectivity index (χ0v) is 13.8. The molecule has 110 valence electrons. The molecule has 0 aromatic carbocycles. The number of nitrogens with zero attached hydrogens (tertiary/aromatic N) is 1. The number of hydrogen-bond acceptors (Lipinski definition) is 3. The quantitative estimate of drug-likeness (QED) is 0.808. The van der Waals surface area contributed by atoms with Crippen LogP contribution in [0.1, 0.15) is 40.0 Å². The molecule has 2 atom stereocenters. The van der Waals surface area contributed by atoms with Crippen LogP contribution in [-0.4, -0.2) is 49.0 Å². The zero-order chi connectivity index (χ0) is 14.5. The van der Waals surface area contributed by atoms with Crippen LogP contribution in [0, 0.1) is 0 Å². The molecule has 2 rings (SSSR count). The molecule has 2 aliphatic heterocycles. The fraction of sp³-hybridized carbons (Fsp3) is 0.929. The SMILES string of the molecule is CC(C)(C)[Si](C)(C)O[C@H]1CN2C(=O)CC[C@@]2(CO)C1. The highest BCUT2D eigenvalue weighted by Crippen LogP contribution is 2.44. The molecule has 2 fully saturated rings. The van der Waals surface area contributed by atoms with Crippen LogP contribution in [-0.2, 0) is 9.22 Å². The monoisotopic (exact) mass is 285 g/mol. The van der Waals surface area contributed by atoms with Crippen LogP contribution < -0.4 is 0 Å². The molecule has 4 nitrogen and oxygen atoms in total. The molecule has 19 heavy (non-hydrogen) atoms. The first-order valence-electron chi connectivity index (χ1n) is 7.20. The molecule has 0 bridgehead atoms. The van der Waals surface area contributed by atoms with Gasteiger partial charge in [0.15, 0.2) is 8.32 Å². The lowest BCUT2D eigenvalue weighted by atomic mass is 9.95. The van der Waals surface area contributed by atoms with Crippen molar-refractivity contribution in [2.24, 2.45) is 0 Å². The van der Waals surface area contributed by atoms with Crippen LogP contribution in [0.4, 0.5) is 0 Å². The highest BCUT2D eigenvalue weighted by molar-refractivity contribution is 6.74. The van der Waals surface area contributed by atoms with Crippen molar-refractivity contribution in [2.45, 2.75) is 69.8 Å². The van der Waals surface area contributed by atoms with E-state index in [4.69, 9.17) is 4.43 Å². The van der Waals surface area contributed by atoms with E-state index in [1.807, 2.05) is 4.90 Å². The minimum absolute atomic E-state index is 0.0656. The molecule has 0 spiro atoms. The van der Waals surface area contributed by atoms with Crippen LogP contribution >= 0.6 is 0 Å². The van der Waals surface area contributed by atoms with Gasteiger partial charge in [0.25, 0.3) is 0 Å². The molecular formula is C14H27NO3Si. The van der Waals surface area contributed by atoms with Gasteiger partial charge >= 0.3 is 0 Å². The van der Waals surface area contributed by atoms with E-state index in [2.05, 4.69) is 33.9 Å². The Kier molecular flexibility index (Phi) is 3.61. The molecule has 1 N–H and O–H groups in total. The second-order valence-corrected chi connectivity index (χ2v) is 12.3. The van der Waals surface area contributed by atoms with Gasteiger partial charge in [0.2, 0.25) is 5.91 Å². The first-order valence-corrected chi connectivity index (χ1v) is 10.1. The minimum atomic E-state index is -1.81. The Labute approximate surface area is 117 Å². The predicted octanol–water partition coefficient (Wildman–Crippen LogP) is 2.13. The van der Waals surface area contributed by atoms with Crippen molar-refractivity contribution in [2.75, 3.05) is 13.2 Å². The van der Waals surface area contributed by atoms with E-state index in [-0.39, 0.29) is 29.2 Å². The largest absolute Gasteiger partial charge is 0.412 e. The summed E-state index contributed by atoms with van der Waals surface area (Å²) in [5.74, 6) is 0.176. The molecule has 0 unspecified atom stereocenters. The van der Waals surface area contributed by atoms with E-state index in [9.17, 15) is 9.90 Å². The van der Waals surface area contributed by atoms with E-state index < -0.39 is 8.32 Å². The van der Waals surface area contributed by atoms with Crippen molar-refractivity contribution >= 4 is 14.2 Å². The highest BCUT2D eigenvalue weighted by atomic mass is 28.4. The van der Waals surface area contributed by atoms with Gasteiger partial charge in [-0.1, -0.05) is 20.8 Å². The van der Waals surface area contributed by atoms with Crippen molar-refractivity contribution < 1.29 is 14.3 Å². The van der Waals surface area contributed by atoms with Crippen molar-refractivity contribution in [3.8, 4) is 0 Å². The predicted molar refractivity (Wildman–Crippen MR) is 77.5 cm³/mol. The van der Waals surface area contributed by atoms with Gasteiger partial charge in [-0.05, 0) is 31.0 Å². The Morgan fingerprint density at radius 1 is 1.47 bits per heavy atom. The van der Waals surface area contributed by atoms with Gasteiger partial charge in [-0.25, -0.2) is 0 Å². The van der Waals surface area contributed by atoms with Crippen molar-refractivity contribution in [3.63, 3.8) is 0 Å². The number of fused-ring (bicyclic) bond motifs is 1. The van der Waals surface area contributed by atoms with Gasteiger partial charge in [-0.2, -0.15) is 0 Å². The Balaban J connectivity index is 2.09. The van der Waals surface area contributed by atoms with Crippen molar-refractivity contribution in [1.82, 2.24) is 4.90 Å². The number of amides is 1. The summed E-state index contributed by atoms with van der Waals surface area (Å²) in [6.45, 7) is 11.9. The second-order valence-electron chi connectivity index (χ2n) is 7.59. The topological polar surface area (TPSA) is 49.8 Å². The Morgan fingerprint density at radius 3 is 2.58 bits per heavy atom. The third kappa shape index (κ3) is 2.48. The minimum Gasteiger partial charge on any atom is -0.412 e. The van der Waals surface area contributed by atoms with Gasteiger partial charge in [0.05, 0.1) is 18.2 Å².